The van der Waals surface area contributed by atoms with Crippen molar-refractivity contribution in [3.63, 3.8) is 0 Å². The Morgan fingerprint density at radius 1 is 1.38 bits per heavy atom. The van der Waals surface area contributed by atoms with Crippen molar-refractivity contribution in [3.8, 4) is 0 Å². The van der Waals surface area contributed by atoms with Crippen LogP contribution in [0.1, 0.15) is 40.4 Å². The minimum Gasteiger partial charge on any atom is -0.389 e. The number of aromatic nitrogens is 2. The van der Waals surface area contributed by atoms with Gasteiger partial charge in [-0.2, -0.15) is 4.37 Å². The van der Waals surface area contributed by atoms with Gasteiger partial charge in [-0.05, 0) is 26.7 Å². The summed E-state index contributed by atoms with van der Waals surface area (Å²) in [7, 11) is 0. The molecule has 0 bridgehead atoms. The Morgan fingerprint density at radius 3 is 2.67 bits per heavy atom. The lowest BCUT2D eigenvalue weighted by Gasteiger charge is -2.41. The van der Waals surface area contributed by atoms with Crippen LogP contribution in [-0.2, 0) is 6.42 Å². The lowest BCUT2D eigenvalue weighted by molar-refractivity contribution is 0.0308. The predicted octanol–water partition coefficient (Wildman–Crippen LogP) is 2.02. The third-order valence-corrected chi connectivity index (χ3v) is 4.41. The maximum Gasteiger partial charge on any atom is 0.205 e. The Hall–Kier alpha value is -0.720. The largest absolute Gasteiger partial charge is 0.389 e. The molecule has 6 heteroatoms. The number of aliphatic hydroxyl groups is 1. The first-order chi connectivity index (χ1) is 9.74. The molecule has 1 aromatic rings. The van der Waals surface area contributed by atoms with Crippen LogP contribution in [0.15, 0.2) is 0 Å². The van der Waals surface area contributed by atoms with Crippen molar-refractivity contribution in [2.75, 3.05) is 31.1 Å². The van der Waals surface area contributed by atoms with Crippen molar-refractivity contribution >= 4 is 16.7 Å². The molecule has 1 atom stereocenters. The van der Waals surface area contributed by atoms with E-state index in [9.17, 15) is 5.11 Å². The summed E-state index contributed by atoms with van der Waals surface area (Å²) in [6.45, 7) is 13.9. The van der Waals surface area contributed by atoms with Gasteiger partial charge < -0.3 is 10.0 Å². The molecule has 1 aliphatic rings. The topological polar surface area (TPSA) is 52.5 Å². The Balaban J connectivity index is 1.95. The number of hydrogen-bond acceptors (Lipinski definition) is 6. The van der Waals surface area contributed by atoms with E-state index in [1.165, 1.54) is 11.5 Å². The van der Waals surface area contributed by atoms with E-state index < -0.39 is 5.60 Å². The van der Waals surface area contributed by atoms with Crippen LogP contribution in [0.4, 0.5) is 5.13 Å². The molecule has 1 fully saturated rings. The van der Waals surface area contributed by atoms with Crippen LogP contribution < -0.4 is 4.90 Å². The van der Waals surface area contributed by atoms with Crippen molar-refractivity contribution < 1.29 is 5.11 Å². The van der Waals surface area contributed by atoms with Crippen molar-refractivity contribution in [2.24, 2.45) is 5.92 Å². The van der Waals surface area contributed by atoms with Gasteiger partial charge in [0, 0.05) is 50.2 Å². The molecule has 1 aliphatic heterocycles. The zero-order chi connectivity index (χ0) is 15.6. The summed E-state index contributed by atoms with van der Waals surface area (Å²) in [5.41, 5.74) is -0.630. The third kappa shape index (κ3) is 4.90. The third-order valence-electron chi connectivity index (χ3n) is 3.62. The lowest BCUT2D eigenvalue weighted by atomic mass is 10.1. The fraction of sp³-hybridized carbons (Fsp3) is 0.867. The van der Waals surface area contributed by atoms with Gasteiger partial charge in [-0.3, -0.25) is 4.90 Å². The van der Waals surface area contributed by atoms with Gasteiger partial charge in [-0.25, -0.2) is 4.98 Å². The van der Waals surface area contributed by atoms with E-state index in [0.29, 0.717) is 12.0 Å². The Morgan fingerprint density at radius 2 is 2.10 bits per heavy atom. The summed E-state index contributed by atoms with van der Waals surface area (Å²) in [5.74, 6) is 1.56. The molecule has 2 heterocycles. The first-order valence-electron chi connectivity index (χ1n) is 7.78. The summed E-state index contributed by atoms with van der Waals surface area (Å²) < 4.78 is 4.48. The van der Waals surface area contributed by atoms with Crippen LogP contribution in [0.25, 0.3) is 0 Å². The van der Waals surface area contributed by atoms with E-state index in [2.05, 4.69) is 39.9 Å². The van der Waals surface area contributed by atoms with Crippen LogP contribution in [0, 0.1) is 5.92 Å². The van der Waals surface area contributed by atoms with Crippen LogP contribution in [0.3, 0.4) is 0 Å². The molecular formula is C15H28N4OS. The Bertz CT molecular complexity index is 455. The molecule has 2 rings (SSSR count). The summed E-state index contributed by atoms with van der Waals surface area (Å²) in [5, 5.41) is 11.0. The monoisotopic (exact) mass is 312 g/mol. The van der Waals surface area contributed by atoms with Gasteiger partial charge in [0.25, 0.3) is 0 Å². The standard InChI is InChI=1S/C15H28N4OS/c1-11(2)8-13-16-14(21-17-13)19-7-6-18(9-12(19)3)10-15(4,5)20/h11-12,20H,6-10H2,1-5H3. The van der Waals surface area contributed by atoms with Crippen molar-refractivity contribution in [3.05, 3.63) is 5.82 Å². The van der Waals surface area contributed by atoms with Crippen LogP contribution in [0.2, 0.25) is 0 Å². The highest BCUT2D eigenvalue weighted by molar-refractivity contribution is 7.09. The van der Waals surface area contributed by atoms with Crippen LogP contribution in [0.5, 0.6) is 0 Å². The molecule has 0 aliphatic carbocycles. The fourth-order valence-electron chi connectivity index (χ4n) is 2.82. The molecule has 5 nitrogen and oxygen atoms in total. The molecule has 120 valence electrons. The number of piperazine rings is 1. The van der Waals surface area contributed by atoms with E-state index in [4.69, 9.17) is 0 Å². The molecule has 1 N–H and O–H groups in total. The highest BCUT2D eigenvalue weighted by atomic mass is 32.1. The maximum atomic E-state index is 9.95. The van der Waals surface area contributed by atoms with E-state index in [1.807, 2.05) is 13.8 Å². The maximum absolute atomic E-state index is 9.95. The average Bonchev–Trinajstić information content (AvgIpc) is 2.74. The number of hydrogen-bond donors (Lipinski definition) is 1. The predicted molar refractivity (Wildman–Crippen MR) is 88.0 cm³/mol. The second kappa shape index (κ2) is 6.58. The van der Waals surface area contributed by atoms with Gasteiger partial charge in [0.15, 0.2) is 0 Å². The minimum absolute atomic E-state index is 0.404. The van der Waals surface area contributed by atoms with Gasteiger partial charge in [0.2, 0.25) is 5.13 Å². The molecule has 1 aromatic heterocycles. The first-order valence-corrected chi connectivity index (χ1v) is 8.56. The summed E-state index contributed by atoms with van der Waals surface area (Å²) in [6.07, 6.45) is 0.948. The van der Waals surface area contributed by atoms with E-state index >= 15 is 0 Å². The molecule has 0 saturated carbocycles. The number of rotatable bonds is 5. The second-order valence-corrected chi connectivity index (χ2v) is 7.91. The molecule has 0 amide bonds. The van der Waals surface area contributed by atoms with Gasteiger partial charge in [-0.1, -0.05) is 13.8 Å². The van der Waals surface area contributed by atoms with E-state index in [1.54, 1.807) is 0 Å². The average molecular weight is 312 g/mol. The van der Waals surface area contributed by atoms with Crippen molar-refractivity contribution in [1.29, 1.82) is 0 Å². The number of nitrogens with zero attached hydrogens (tertiary/aromatic N) is 4. The molecular weight excluding hydrogens is 284 g/mol. The van der Waals surface area contributed by atoms with Gasteiger partial charge in [-0.15, -0.1) is 0 Å². The number of β-amino-alcohol motifs (C(OH)–C–C–N with tert-alkyl or cyclic N) is 1. The van der Waals surface area contributed by atoms with Crippen LogP contribution >= 0.6 is 11.5 Å². The smallest absolute Gasteiger partial charge is 0.205 e. The van der Waals surface area contributed by atoms with Crippen molar-refractivity contribution in [2.45, 2.75) is 52.7 Å². The normalized spacial score (nSPS) is 21.3. The molecule has 1 saturated heterocycles. The Kier molecular flexibility index (Phi) is 5.22. The summed E-state index contributed by atoms with van der Waals surface area (Å²) in [6, 6.07) is 0.404. The number of anilines is 1. The zero-order valence-corrected chi connectivity index (χ0v) is 14.7. The lowest BCUT2D eigenvalue weighted by Crippen LogP contribution is -2.54. The molecule has 0 aromatic carbocycles. The van der Waals surface area contributed by atoms with E-state index in [0.717, 1.165) is 43.6 Å². The molecule has 21 heavy (non-hydrogen) atoms. The quantitative estimate of drug-likeness (QED) is 0.901. The van der Waals surface area contributed by atoms with E-state index in [-0.39, 0.29) is 0 Å². The molecule has 0 radical (unpaired) electrons. The zero-order valence-electron chi connectivity index (χ0n) is 13.8. The molecule has 0 spiro atoms. The SMILES string of the molecule is CC(C)Cc1nsc(N2CCN(CC(C)(C)O)CC2C)n1. The highest BCUT2D eigenvalue weighted by Crippen LogP contribution is 2.24. The summed E-state index contributed by atoms with van der Waals surface area (Å²) >= 11 is 1.51. The highest BCUT2D eigenvalue weighted by Gasteiger charge is 2.28. The summed E-state index contributed by atoms with van der Waals surface area (Å²) in [4.78, 5) is 9.37. The molecule has 1 unspecified atom stereocenters. The fourth-order valence-corrected chi connectivity index (χ4v) is 3.64. The first kappa shape index (κ1) is 16.6. The Labute approximate surface area is 132 Å². The second-order valence-electron chi connectivity index (χ2n) is 7.18. The minimum atomic E-state index is -0.630. The van der Waals surface area contributed by atoms with Gasteiger partial charge >= 0.3 is 0 Å². The van der Waals surface area contributed by atoms with Crippen molar-refractivity contribution in [1.82, 2.24) is 14.3 Å². The van der Waals surface area contributed by atoms with Crippen LogP contribution in [-0.4, -0.2) is 57.2 Å². The van der Waals surface area contributed by atoms with Gasteiger partial charge in [0.1, 0.15) is 5.82 Å². The van der Waals surface area contributed by atoms with Gasteiger partial charge in [0.05, 0.1) is 5.60 Å².